The van der Waals surface area contributed by atoms with E-state index in [9.17, 15) is 13.2 Å². The maximum Gasteiger partial charge on any atom is 0.409 e. The summed E-state index contributed by atoms with van der Waals surface area (Å²) in [4.78, 5) is 14.1. The molecule has 152 valence electrons. The van der Waals surface area contributed by atoms with E-state index in [1.165, 1.54) is 7.11 Å². The zero-order valence-corrected chi connectivity index (χ0v) is 17.5. The number of benzene rings is 3. The van der Waals surface area contributed by atoms with Crippen LogP contribution in [0.2, 0.25) is 0 Å². The van der Waals surface area contributed by atoms with Crippen LogP contribution >= 0.6 is 10.3 Å². The van der Waals surface area contributed by atoms with Gasteiger partial charge in [0.25, 0.3) is 0 Å². The Morgan fingerprint density at radius 2 is 1.21 bits per heavy atom. The summed E-state index contributed by atoms with van der Waals surface area (Å²) in [5, 5.41) is 0. The SMILES string of the molecule is COC(=O)c1ccccc1S(OS(=O)(=O)OC)(c1ccccc1)c1ccccc1. The van der Waals surface area contributed by atoms with E-state index >= 15 is 0 Å². The first kappa shape index (κ1) is 21.1. The molecule has 0 saturated carbocycles. The van der Waals surface area contributed by atoms with Crippen LogP contribution in [0, 0.1) is 0 Å². The van der Waals surface area contributed by atoms with Crippen molar-refractivity contribution in [3.63, 3.8) is 0 Å². The zero-order chi connectivity index (χ0) is 20.9. The van der Waals surface area contributed by atoms with Crippen LogP contribution in [0.1, 0.15) is 10.4 Å². The van der Waals surface area contributed by atoms with Gasteiger partial charge in [-0.2, -0.15) is 12.0 Å². The van der Waals surface area contributed by atoms with Gasteiger partial charge in [-0.3, -0.25) is 4.18 Å². The van der Waals surface area contributed by atoms with Gasteiger partial charge in [0.2, 0.25) is 0 Å². The standard InChI is InChI=1S/C21H20O6S2/c1-25-21(22)19-15-9-10-16-20(19)28(27-29(23,24)26-2,17-11-5-3-6-12-17)18-13-7-4-8-14-18/h3-16H,1-2H3. The van der Waals surface area contributed by atoms with Gasteiger partial charge in [0.1, 0.15) is 0 Å². The Kier molecular flexibility index (Phi) is 6.39. The van der Waals surface area contributed by atoms with Crippen molar-refractivity contribution in [1.82, 2.24) is 0 Å². The topological polar surface area (TPSA) is 78.9 Å². The lowest BCUT2D eigenvalue weighted by Crippen LogP contribution is -2.17. The Hall–Kier alpha value is -2.65. The molecular formula is C21H20O6S2. The number of hydrogen-bond donors (Lipinski definition) is 0. The van der Waals surface area contributed by atoms with Crippen LogP contribution in [0.4, 0.5) is 0 Å². The summed E-state index contributed by atoms with van der Waals surface area (Å²) < 4.78 is 40.5. The second kappa shape index (κ2) is 8.79. The average Bonchev–Trinajstić information content (AvgIpc) is 2.78. The quantitative estimate of drug-likeness (QED) is 0.509. The Labute approximate surface area is 171 Å². The minimum Gasteiger partial charge on any atom is -0.465 e. The van der Waals surface area contributed by atoms with E-state index in [1.54, 1.807) is 72.8 Å². The Morgan fingerprint density at radius 3 is 1.69 bits per heavy atom. The third kappa shape index (κ3) is 4.20. The summed E-state index contributed by atoms with van der Waals surface area (Å²) in [6.07, 6.45) is 0. The number of methoxy groups -OCH3 is 1. The lowest BCUT2D eigenvalue weighted by Gasteiger charge is -2.39. The first-order valence-electron chi connectivity index (χ1n) is 8.57. The summed E-state index contributed by atoms with van der Waals surface area (Å²) in [7, 11) is -4.99. The fourth-order valence-corrected chi connectivity index (χ4v) is 7.61. The minimum absolute atomic E-state index is 0.212. The van der Waals surface area contributed by atoms with E-state index in [4.69, 9.17) is 8.37 Å². The molecule has 0 N–H and O–H groups in total. The van der Waals surface area contributed by atoms with Gasteiger partial charge in [-0.25, -0.2) is 4.79 Å². The number of carbonyl (C=O) groups excluding carboxylic acids is 1. The fourth-order valence-electron chi connectivity index (χ4n) is 2.88. The maximum atomic E-state index is 12.5. The van der Waals surface area contributed by atoms with Gasteiger partial charge in [-0.15, -0.1) is 0 Å². The average molecular weight is 433 g/mol. The second-order valence-electron chi connectivity index (χ2n) is 5.81. The van der Waals surface area contributed by atoms with Gasteiger partial charge in [0.15, 0.2) is 0 Å². The lowest BCUT2D eigenvalue weighted by molar-refractivity contribution is 0.0596. The van der Waals surface area contributed by atoms with Crippen LogP contribution in [0.5, 0.6) is 0 Å². The maximum absolute atomic E-state index is 12.5. The van der Waals surface area contributed by atoms with Crippen LogP contribution in [-0.2, 0) is 22.9 Å². The molecular weight excluding hydrogens is 412 g/mol. The Bertz CT molecular complexity index is 1040. The molecule has 0 fully saturated rings. The molecule has 0 aliphatic rings. The summed E-state index contributed by atoms with van der Waals surface area (Å²) >= 11 is 0. The predicted octanol–water partition coefficient (Wildman–Crippen LogP) is 4.58. The highest BCUT2D eigenvalue weighted by Crippen LogP contribution is 2.70. The highest BCUT2D eigenvalue weighted by Gasteiger charge is 2.40. The van der Waals surface area contributed by atoms with Crippen LogP contribution in [0.15, 0.2) is 99.6 Å². The lowest BCUT2D eigenvalue weighted by atomic mass is 10.2. The van der Waals surface area contributed by atoms with Crippen molar-refractivity contribution in [3.8, 4) is 0 Å². The largest absolute Gasteiger partial charge is 0.465 e. The van der Waals surface area contributed by atoms with Gasteiger partial charge in [0, 0.05) is 14.7 Å². The Morgan fingerprint density at radius 1 is 0.724 bits per heavy atom. The second-order valence-corrected chi connectivity index (χ2v) is 10.0. The Balaban J connectivity index is 2.46. The van der Waals surface area contributed by atoms with Crippen molar-refractivity contribution in [2.45, 2.75) is 14.7 Å². The summed E-state index contributed by atoms with van der Waals surface area (Å²) in [5.74, 6) is -0.595. The van der Waals surface area contributed by atoms with Crippen LogP contribution in [0.25, 0.3) is 0 Å². The molecule has 0 amide bonds. The molecule has 0 bridgehead atoms. The smallest absolute Gasteiger partial charge is 0.409 e. The molecule has 3 aromatic carbocycles. The normalized spacial score (nSPS) is 12.3. The molecule has 0 saturated heterocycles. The highest BCUT2D eigenvalue weighted by atomic mass is 32.3. The van der Waals surface area contributed by atoms with E-state index < -0.39 is 26.7 Å². The van der Waals surface area contributed by atoms with E-state index in [-0.39, 0.29) is 5.56 Å². The third-order valence-electron chi connectivity index (χ3n) is 4.14. The van der Waals surface area contributed by atoms with Crippen molar-refractivity contribution in [2.75, 3.05) is 14.2 Å². The molecule has 0 aliphatic heterocycles. The van der Waals surface area contributed by atoms with E-state index in [2.05, 4.69) is 4.18 Å². The molecule has 8 heteroatoms. The van der Waals surface area contributed by atoms with Crippen LogP contribution in [0.3, 0.4) is 0 Å². The molecule has 0 spiro atoms. The zero-order valence-electron chi connectivity index (χ0n) is 15.8. The number of carbonyl (C=O) groups is 1. The number of hydrogen-bond acceptors (Lipinski definition) is 6. The number of ether oxygens (including phenoxy) is 1. The molecule has 3 rings (SSSR count). The van der Waals surface area contributed by atoms with Crippen LogP contribution in [-0.4, -0.2) is 28.6 Å². The molecule has 0 aromatic heterocycles. The van der Waals surface area contributed by atoms with E-state index in [0.29, 0.717) is 14.7 Å². The van der Waals surface area contributed by atoms with Crippen molar-refractivity contribution in [3.05, 3.63) is 90.5 Å². The van der Waals surface area contributed by atoms with Gasteiger partial charge >= 0.3 is 16.4 Å². The van der Waals surface area contributed by atoms with Gasteiger partial charge in [-0.1, -0.05) is 48.5 Å². The van der Waals surface area contributed by atoms with E-state index in [1.807, 2.05) is 12.1 Å². The molecule has 3 aromatic rings. The van der Waals surface area contributed by atoms with Crippen LogP contribution < -0.4 is 0 Å². The first-order chi connectivity index (χ1) is 13.9. The molecule has 29 heavy (non-hydrogen) atoms. The summed E-state index contributed by atoms with van der Waals surface area (Å²) in [6.45, 7) is 0. The number of rotatable bonds is 7. The summed E-state index contributed by atoms with van der Waals surface area (Å²) in [5.41, 5.74) is 0.212. The van der Waals surface area contributed by atoms with Gasteiger partial charge in [0.05, 0.1) is 19.8 Å². The van der Waals surface area contributed by atoms with Gasteiger partial charge < -0.3 is 4.74 Å². The van der Waals surface area contributed by atoms with Crippen molar-refractivity contribution < 1.29 is 25.8 Å². The molecule has 6 nitrogen and oxygen atoms in total. The number of esters is 1. The van der Waals surface area contributed by atoms with Crippen molar-refractivity contribution >= 4 is 26.7 Å². The minimum atomic E-state index is -4.39. The molecule has 0 heterocycles. The predicted molar refractivity (Wildman–Crippen MR) is 110 cm³/mol. The molecule has 0 radical (unpaired) electrons. The first-order valence-corrected chi connectivity index (χ1v) is 11.5. The highest BCUT2D eigenvalue weighted by molar-refractivity contribution is 8.33. The van der Waals surface area contributed by atoms with Crippen molar-refractivity contribution in [2.24, 2.45) is 0 Å². The van der Waals surface area contributed by atoms with Crippen molar-refractivity contribution in [1.29, 1.82) is 0 Å². The third-order valence-corrected chi connectivity index (χ3v) is 8.88. The molecule has 0 unspecified atom stereocenters. The monoisotopic (exact) mass is 432 g/mol. The summed E-state index contributed by atoms with van der Waals surface area (Å²) in [6, 6.07) is 24.5. The van der Waals surface area contributed by atoms with Gasteiger partial charge in [-0.05, 0) is 46.7 Å². The molecule has 0 atom stereocenters. The fraction of sp³-hybridized carbons (Fsp3) is 0.0952. The van der Waals surface area contributed by atoms with E-state index in [0.717, 1.165) is 7.11 Å². The molecule has 0 aliphatic carbocycles.